The van der Waals surface area contributed by atoms with Crippen molar-refractivity contribution in [3.8, 4) is 0 Å². The summed E-state index contributed by atoms with van der Waals surface area (Å²) in [5.74, 6) is -0.684. The van der Waals surface area contributed by atoms with Gasteiger partial charge in [-0.05, 0) is 45.4 Å². The van der Waals surface area contributed by atoms with Gasteiger partial charge in [0, 0.05) is 6.04 Å². The molecular weight excluding hydrogens is 294 g/mol. The third-order valence-electron chi connectivity index (χ3n) is 4.24. The van der Waals surface area contributed by atoms with Gasteiger partial charge < -0.3 is 15.2 Å². The Morgan fingerprint density at radius 2 is 1.83 bits per heavy atom. The first kappa shape index (κ1) is 19.7. The molecule has 0 saturated heterocycles. The highest BCUT2D eigenvalue weighted by molar-refractivity contribution is 6.01. The Balaban J connectivity index is 3.17. The summed E-state index contributed by atoms with van der Waals surface area (Å²) in [5, 5.41) is 0. The van der Waals surface area contributed by atoms with Crippen LogP contribution in [0.2, 0.25) is 0 Å². The molecule has 5 heteroatoms. The Labute approximate surface area is 139 Å². The van der Waals surface area contributed by atoms with Crippen LogP contribution in [0.4, 0.5) is 0 Å². The van der Waals surface area contributed by atoms with Gasteiger partial charge >= 0.3 is 11.9 Å². The van der Waals surface area contributed by atoms with E-state index in [4.69, 9.17) is 15.2 Å². The maximum Gasteiger partial charge on any atom is 0.338 e. The average Bonchev–Trinajstić information content (AvgIpc) is 2.72. The summed E-state index contributed by atoms with van der Waals surface area (Å²) < 4.78 is 10.6. The summed E-state index contributed by atoms with van der Waals surface area (Å²) >= 11 is 0. The number of carbonyl (C=O) groups is 2. The number of rotatable bonds is 6. The fraction of sp³-hybridized carbons (Fsp3) is 0.778. The van der Waals surface area contributed by atoms with Gasteiger partial charge in [-0.1, -0.05) is 27.7 Å². The molecule has 0 aromatic rings. The van der Waals surface area contributed by atoms with E-state index in [9.17, 15) is 9.59 Å². The van der Waals surface area contributed by atoms with Crippen molar-refractivity contribution in [1.29, 1.82) is 0 Å². The molecule has 23 heavy (non-hydrogen) atoms. The van der Waals surface area contributed by atoms with Crippen molar-refractivity contribution in [2.45, 2.75) is 73.0 Å². The molecule has 2 N–H and O–H groups in total. The molecule has 0 saturated carbocycles. The minimum absolute atomic E-state index is 0.168. The summed E-state index contributed by atoms with van der Waals surface area (Å²) in [4.78, 5) is 25.1. The van der Waals surface area contributed by atoms with Crippen molar-refractivity contribution in [2.75, 3.05) is 0 Å². The lowest BCUT2D eigenvalue weighted by atomic mass is 9.66. The second-order valence-electron chi connectivity index (χ2n) is 8.04. The molecule has 0 fully saturated rings. The van der Waals surface area contributed by atoms with Crippen molar-refractivity contribution in [2.24, 2.45) is 23.0 Å². The van der Waals surface area contributed by atoms with Crippen LogP contribution in [0, 0.1) is 17.3 Å². The van der Waals surface area contributed by atoms with E-state index in [1.54, 1.807) is 20.8 Å². The highest BCUT2D eigenvalue weighted by Crippen LogP contribution is 2.46. The number of ether oxygens (including phenoxy) is 2. The van der Waals surface area contributed by atoms with E-state index in [0.29, 0.717) is 12.3 Å². The largest absolute Gasteiger partial charge is 0.456 e. The maximum absolute atomic E-state index is 12.6. The lowest BCUT2D eigenvalue weighted by molar-refractivity contribution is -0.156. The van der Waals surface area contributed by atoms with E-state index in [2.05, 4.69) is 13.8 Å². The highest BCUT2D eigenvalue weighted by atomic mass is 16.6. The van der Waals surface area contributed by atoms with Crippen molar-refractivity contribution in [3.63, 3.8) is 0 Å². The van der Waals surface area contributed by atoms with Gasteiger partial charge in [-0.3, -0.25) is 4.79 Å². The van der Waals surface area contributed by atoms with Crippen LogP contribution < -0.4 is 5.73 Å². The van der Waals surface area contributed by atoms with Crippen molar-refractivity contribution < 1.29 is 19.1 Å². The molecule has 0 amide bonds. The smallest absolute Gasteiger partial charge is 0.338 e. The fourth-order valence-corrected chi connectivity index (χ4v) is 3.03. The van der Waals surface area contributed by atoms with Crippen LogP contribution in [-0.4, -0.2) is 23.6 Å². The molecule has 0 radical (unpaired) electrons. The molecule has 1 rings (SSSR count). The Kier molecular flexibility index (Phi) is 6.02. The van der Waals surface area contributed by atoms with Crippen molar-refractivity contribution in [3.05, 3.63) is 11.8 Å². The first-order valence-electron chi connectivity index (χ1n) is 8.33. The standard InChI is InChI=1S/C18H31NO4/c1-11(2)8-9-14(19)18(12(3)4)13(10-22-16(18)21)15(20)23-17(5,6)7/h10-12,14H,8-9,19H2,1-7H3. The van der Waals surface area contributed by atoms with Gasteiger partial charge in [0.05, 0.1) is 5.57 Å². The molecule has 132 valence electrons. The number of nitrogens with two attached hydrogens (primary N) is 1. The zero-order valence-corrected chi connectivity index (χ0v) is 15.4. The molecular formula is C18H31NO4. The second-order valence-corrected chi connectivity index (χ2v) is 8.04. The molecule has 1 aliphatic rings. The summed E-state index contributed by atoms with van der Waals surface area (Å²) in [6.07, 6.45) is 2.75. The number of hydrogen-bond donors (Lipinski definition) is 1. The van der Waals surface area contributed by atoms with Gasteiger partial charge in [-0.15, -0.1) is 0 Å². The number of cyclic esters (lactones) is 1. The first-order valence-corrected chi connectivity index (χ1v) is 8.33. The molecule has 2 unspecified atom stereocenters. The van der Waals surface area contributed by atoms with E-state index < -0.39 is 29.0 Å². The van der Waals surface area contributed by atoms with Crippen LogP contribution in [-0.2, 0) is 19.1 Å². The molecule has 0 bridgehead atoms. The second kappa shape index (κ2) is 7.04. The molecule has 0 aliphatic carbocycles. The number of carbonyl (C=O) groups excluding carboxylic acids is 2. The first-order chi connectivity index (χ1) is 10.4. The van der Waals surface area contributed by atoms with Crippen LogP contribution in [0.15, 0.2) is 11.8 Å². The third-order valence-corrected chi connectivity index (χ3v) is 4.24. The Morgan fingerprint density at radius 3 is 2.26 bits per heavy atom. The summed E-state index contributed by atoms with van der Waals surface area (Å²) in [5.41, 5.74) is 4.85. The fourth-order valence-electron chi connectivity index (χ4n) is 3.03. The average molecular weight is 325 g/mol. The SMILES string of the molecule is CC(C)CCC(N)C1(C(C)C)C(=O)OC=C1C(=O)OC(C)(C)C. The van der Waals surface area contributed by atoms with Crippen LogP contribution >= 0.6 is 0 Å². The Morgan fingerprint density at radius 1 is 1.26 bits per heavy atom. The molecule has 0 aromatic heterocycles. The lowest BCUT2D eigenvalue weighted by Crippen LogP contribution is -2.52. The lowest BCUT2D eigenvalue weighted by Gasteiger charge is -2.37. The minimum Gasteiger partial charge on any atom is -0.456 e. The van der Waals surface area contributed by atoms with Crippen molar-refractivity contribution >= 4 is 11.9 Å². The van der Waals surface area contributed by atoms with Gasteiger partial charge in [-0.2, -0.15) is 0 Å². The van der Waals surface area contributed by atoms with Crippen LogP contribution in [0.1, 0.15) is 61.3 Å². The summed E-state index contributed by atoms with van der Waals surface area (Å²) in [6.45, 7) is 13.4. The van der Waals surface area contributed by atoms with Gasteiger partial charge in [0.25, 0.3) is 0 Å². The van der Waals surface area contributed by atoms with Crippen molar-refractivity contribution in [1.82, 2.24) is 0 Å². The Bertz CT molecular complexity index is 488. The molecule has 0 aromatic carbocycles. The third kappa shape index (κ3) is 4.14. The minimum atomic E-state index is -1.14. The van der Waals surface area contributed by atoms with E-state index in [1.807, 2.05) is 13.8 Å². The Hall–Kier alpha value is -1.36. The molecule has 0 spiro atoms. The molecule has 5 nitrogen and oxygen atoms in total. The summed E-state index contributed by atoms with van der Waals surface area (Å²) in [7, 11) is 0. The zero-order chi connectivity index (χ0) is 18.0. The van der Waals surface area contributed by atoms with E-state index in [-0.39, 0.29) is 11.5 Å². The van der Waals surface area contributed by atoms with Crippen LogP contribution in [0.5, 0.6) is 0 Å². The van der Waals surface area contributed by atoms with Crippen LogP contribution in [0.3, 0.4) is 0 Å². The molecule has 1 heterocycles. The predicted octanol–water partition coefficient (Wildman–Crippen LogP) is 3.17. The van der Waals surface area contributed by atoms with E-state index in [0.717, 1.165) is 6.42 Å². The quantitative estimate of drug-likeness (QED) is 0.759. The van der Waals surface area contributed by atoms with E-state index in [1.165, 1.54) is 6.26 Å². The molecule has 2 atom stereocenters. The van der Waals surface area contributed by atoms with Gasteiger partial charge in [0.1, 0.15) is 17.3 Å². The topological polar surface area (TPSA) is 78.6 Å². The van der Waals surface area contributed by atoms with Gasteiger partial charge in [0.2, 0.25) is 0 Å². The normalized spacial score (nSPS) is 23.0. The summed E-state index contributed by atoms with van der Waals surface area (Å²) in [6, 6.07) is -0.487. The van der Waals surface area contributed by atoms with Crippen LogP contribution in [0.25, 0.3) is 0 Å². The monoisotopic (exact) mass is 325 g/mol. The highest BCUT2D eigenvalue weighted by Gasteiger charge is 2.57. The van der Waals surface area contributed by atoms with Gasteiger partial charge in [0.15, 0.2) is 0 Å². The number of hydrogen-bond acceptors (Lipinski definition) is 5. The predicted molar refractivity (Wildman–Crippen MR) is 89.3 cm³/mol. The number of esters is 2. The van der Waals surface area contributed by atoms with Gasteiger partial charge in [-0.25, -0.2) is 4.79 Å². The molecule has 1 aliphatic heterocycles. The zero-order valence-electron chi connectivity index (χ0n) is 15.4. The van der Waals surface area contributed by atoms with E-state index >= 15 is 0 Å². The maximum atomic E-state index is 12.6.